The van der Waals surface area contributed by atoms with E-state index in [0.717, 1.165) is 60.3 Å². The summed E-state index contributed by atoms with van der Waals surface area (Å²) in [5, 5.41) is 2.88. The largest absolute Gasteiger partial charge is 0.295 e. The lowest BCUT2D eigenvalue weighted by Crippen LogP contribution is -2.35. The Hall–Kier alpha value is -2.97. The Labute approximate surface area is 282 Å². The smallest absolute Gasteiger partial charge is 0.152 e. The Kier molecular flexibility index (Phi) is 22.1. The third kappa shape index (κ3) is 12.4. The molecule has 0 saturated heterocycles. The van der Waals surface area contributed by atoms with Gasteiger partial charge in [0.1, 0.15) is 0 Å². The molecule has 1 fully saturated rings. The first-order valence-electron chi connectivity index (χ1n) is 16.9. The first kappa shape index (κ1) is 44.2. The van der Waals surface area contributed by atoms with Gasteiger partial charge in [-0.25, -0.2) is 0 Å². The highest BCUT2D eigenvalue weighted by Gasteiger charge is 2.38. The van der Waals surface area contributed by atoms with E-state index in [0.29, 0.717) is 0 Å². The van der Waals surface area contributed by atoms with Crippen molar-refractivity contribution in [1.29, 1.82) is 0 Å². The molecule has 1 heterocycles. The summed E-state index contributed by atoms with van der Waals surface area (Å²) in [5.74, 6) is 1.04. The molecule has 0 radical (unpaired) electrons. The lowest BCUT2D eigenvalue weighted by molar-refractivity contribution is -0.112. The number of halogens is 1. The molecule has 2 aromatic carbocycles. The average molecular weight is 634 g/mol. The monoisotopic (exact) mass is 633 g/mol. The topological polar surface area (TPSA) is 29.4 Å². The lowest BCUT2D eigenvalue weighted by Gasteiger charge is -2.45. The molecule has 0 atom stereocenters. The van der Waals surface area contributed by atoms with Gasteiger partial charge in [-0.15, -0.1) is 0 Å². The van der Waals surface area contributed by atoms with Crippen molar-refractivity contribution in [2.75, 3.05) is 0 Å². The first-order chi connectivity index (χ1) is 21.3. The zero-order chi connectivity index (χ0) is 35.5. The molecule has 1 aliphatic heterocycles. The van der Waals surface area contributed by atoms with Crippen LogP contribution in [0.2, 0.25) is 5.02 Å². The number of fused-ring (bicyclic) bond motifs is 1. The molecule has 1 saturated carbocycles. The predicted molar refractivity (Wildman–Crippen MR) is 206 cm³/mol. The number of hydrogen-bond acceptors (Lipinski definition) is 2. The number of hydrogen-bond donors (Lipinski definition) is 0. The van der Waals surface area contributed by atoms with Gasteiger partial charge in [0.15, 0.2) is 5.78 Å². The molecule has 0 spiro atoms. The Morgan fingerprint density at radius 1 is 0.956 bits per heavy atom. The number of ketones is 1. The Morgan fingerprint density at radius 2 is 1.47 bits per heavy atom. The fourth-order valence-electron chi connectivity index (χ4n) is 5.48. The maximum Gasteiger partial charge on any atom is 0.152 e. The van der Waals surface area contributed by atoms with Crippen LogP contribution in [0.1, 0.15) is 137 Å². The summed E-state index contributed by atoms with van der Waals surface area (Å²) in [7, 11) is 0. The van der Waals surface area contributed by atoms with Crippen molar-refractivity contribution in [3.63, 3.8) is 0 Å². The van der Waals surface area contributed by atoms with Gasteiger partial charge in [0, 0.05) is 17.0 Å². The number of aryl methyl sites for hydroxylation is 2. The minimum Gasteiger partial charge on any atom is -0.295 e. The number of carbonyl (C=O) groups excluding carboxylic acids is 1. The van der Waals surface area contributed by atoms with Crippen LogP contribution in [0.5, 0.6) is 0 Å². The van der Waals surface area contributed by atoms with Gasteiger partial charge in [0.25, 0.3) is 0 Å². The van der Waals surface area contributed by atoms with Crippen LogP contribution in [0.25, 0.3) is 23.4 Å². The van der Waals surface area contributed by atoms with E-state index in [1.54, 1.807) is 0 Å². The van der Waals surface area contributed by atoms with Crippen molar-refractivity contribution in [3.05, 3.63) is 99.1 Å². The van der Waals surface area contributed by atoms with Crippen molar-refractivity contribution in [2.45, 2.75) is 123 Å². The number of allylic oxidation sites excluding steroid dienone is 4. The van der Waals surface area contributed by atoms with Crippen LogP contribution in [-0.2, 0) is 4.79 Å². The van der Waals surface area contributed by atoms with Crippen molar-refractivity contribution in [2.24, 2.45) is 16.3 Å². The highest BCUT2D eigenvalue weighted by atomic mass is 35.5. The second-order valence-electron chi connectivity index (χ2n) is 11.2. The van der Waals surface area contributed by atoms with Crippen molar-refractivity contribution in [3.8, 4) is 0 Å². The minimum absolute atomic E-state index is 0.0185. The predicted octanol–water partition coefficient (Wildman–Crippen LogP) is 12.5. The van der Waals surface area contributed by atoms with Crippen LogP contribution in [0.4, 0.5) is 0 Å². The normalized spacial score (nSPS) is 12.7. The van der Waals surface area contributed by atoms with E-state index in [9.17, 15) is 4.79 Å². The van der Waals surface area contributed by atoms with Crippen LogP contribution >= 0.6 is 11.6 Å². The van der Waals surface area contributed by atoms with Crippen molar-refractivity contribution < 1.29 is 4.79 Å². The average Bonchev–Trinajstić information content (AvgIpc) is 3.03. The van der Waals surface area contributed by atoms with E-state index in [4.69, 9.17) is 11.6 Å². The maximum atomic E-state index is 9.69. The van der Waals surface area contributed by atoms with E-state index in [-0.39, 0.29) is 5.78 Å². The number of rotatable bonds is 7. The molecule has 1 aliphatic carbocycles. The summed E-state index contributed by atoms with van der Waals surface area (Å²) in [6.45, 7) is 40.3. The standard InChI is InChI=1S/C23H22ClN.C9H18.C4H6O.3C2H6/c1-7-17-11-18(9-8-14(17)4)16(6)21(13(2)3)22-19-12-25-20(19)10-15(5)23(22)24;1-4-9(5-2)6-8(3)7-9;1-3-4(2)5;3*1-2/h7-12H,1,6H2,2-5H3;8H,4-7H2,1-3H3;3H,1H2,2H3;3*1-2H3. The van der Waals surface area contributed by atoms with Crippen LogP contribution in [0, 0.1) is 25.2 Å². The van der Waals surface area contributed by atoms with E-state index in [1.807, 2.05) is 66.8 Å². The number of benzene rings is 2. The highest BCUT2D eigenvalue weighted by molar-refractivity contribution is 6.34. The highest BCUT2D eigenvalue weighted by Crippen LogP contribution is 2.50. The third-order valence-corrected chi connectivity index (χ3v) is 8.53. The fraction of sp³-hybridized carbons (Fsp3) is 0.476. The van der Waals surface area contributed by atoms with Crippen LogP contribution in [-0.4, -0.2) is 5.78 Å². The summed E-state index contributed by atoms with van der Waals surface area (Å²) in [4.78, 5) is 14.1. The zero-order valence-electron chi connectivity index (χ0n) is 31.3. The van der Waals surface area contributed by atoms with Gasteiger partial charge in [0.2, 0.25) is 0 Å². The molecule has 0 amide bonds. The second kappa shape index (κ2) is 22.5. The summed E-state index contributed by atoms with van der Waals surface area (Å²) in [6.07, 6.45) is 10.8. The van der Waals surface area contributed by atoms with Gasteiger partial charge < -0.3 is 0 Å². The van der Waals surface area contributed by atoms with Gasteiger partial charge in [0.05, 0.1) is 10.4 Å². The van der Waals surface area contributed by atoms with Gasteiger partial charge >= 0.3 is 0 Å². The molecular weight excluding hydrogens is 570 g/mol. The summed E-state index contributed by atoms with van der Waals surface area (Å²) >= 11 is 6.71. The maximum absolute atomic E-state index is 9.69. The molecule has 3 heteroatoms. The van der Waals surface area contributed by atoms with Gasteiger partial charge in [-0.05, 0) is 110 Å². The molecule has 2 aromatic rings. The molecule has 0 N–H and O–H groups in total. The molecule has 4 rings (SSSR count). The minimum atomic E-state index is 0.0185. The Balaban J connectivity index is 0. The molecule has 45 heavy (non-hydrogen) atoms. The van der Waals surface area contributed by atoms with Crippen LogP contribution < -0.4 is 10.6 Å². The summed E-state index contributed by atoms with van der Waals surface area (Å²) in [5.41, 5.74) is 9.51. The molecular formula is C42H64ClNO. The second-order valence-corrected chi connectivity index (χ2v) is 11.6. The SMILES string of the molecule is C=CC(C)=O.C=Cc1cc(C(=C)C(=C(C)C)c2c(Cl)c(C)cc3c2=CN=3)ccc1C.CC.CC.CC.CCC1(CC)CC(C)C1. The molecule has 0 bridgehead atoms. The molecule has 2 nitrogen and oxygen atoms in total. The van der Waals surface area contributed by atoms with E-state index in [2.05, 4.69) is 84.5 Å². The van der Waals surface area contributed by atoms with Gasteiger partial charge in [-0.3, -0.25) is 9.79 Å². The van der Waals surface area contributed by atoms with Crippen LogP contribution in [0.15, 0.2) is 60.6 Å². The molecule has 250 valence electrons. The number of nitrogens with zero attached hydrogens (tertiary/aromatic N) is 1. The van der Waals surface area contributed by atoms with E-state index < -0.39 is 0 Å². The van der Waals surface area contributed by atoms with E-state index in [1.165, 1.54) is 49.8 Å². The Bertz CT molecular complexity index is 1410. The lowest BCUT2D eigenvalue weighted by atomic mass is 9.60. The van der Waals surface area contributed by atoms with Crippen molar-refractivity contribution >= 4 is 40.8 Å². The molecule has 0 unspecified atom stereocenters. The molecule has 0 aromatic heterocycles. The number of carbonyl (C=O) groups is 1. The van der Waals surface area contributed by atoms with Crippen molar-refractivity contribution in [1.82, 2.24) is 0 Å². The first-order valence-corrected chi connectivity index (χ1v) is 17.3. The summed E-state index contributed by atoms with van der Waals surface area (Å²) in [6, 6.07) is 8.39. The van der Waals surface area contributed by atoms with Gasteiger partial charge in [-0.2, -0.15) is 0 Å². The summed E-state index contributed by atoms with van der Waals surface area (Å²) < 4.78 is 0. The Morgan fingerprint density at radius 3 is 1.80 bits per heavy atom. The van der Waals surface area contributed by atoms with Crippen LogP contribution in [0.3, 0.4) is 0 Å². The molecule has 2 aliphatic rings. The van der Waals surface area contributed by atoms with E-state index >= 15 is 0 Å². The fourth-order valence-corrected chi connectivity index (χ4v) is 5.73. The van der Waals surface area contributed by atoms with Gasteiger partial charge in [-0.1, -0.05) is 130 Å². The quantitative estimate of drug-likeness (QED) is 0.220. The zero-order valence-corrected chi connectivity index (χ0v) is 32.1. The third-order valence-electron chi connectivity index (χ3n) is 8.05.